The maximum atomic E-state index is 13.5. The van der Waals surface area contributed by atoms with Gasteiger partial charge in [-0.05, 0) is 6.92 Å². The van der Waals surface area contributed by atoms with E-state index in [9.17, 15) is 18.4 Å². The van der Waals surface area contributed by atoms with Crippen molar-refractivity contribution in [3.8, 4) is 0 Å². The second-order valence-corrected chi connectivity index (χ2v) is 4.24. The molecule has 8 heteroatoms. The number of nitrogens with zero attached hydrogens (tertiary/aromatic N) is 2. The van der Waals surface area contributed by atoms with Crippen molar-refractivity contribution >= 4 is 12.0 Å². The van der Waals surface area contributed by atoms with E-state index in [0.29, 0.717) is 26.2 Å². The van der Waals surface area contributed by atoms with Crippen molar-refractivity contribution in [2.45, 2.75) is 12.8 Å². The first kappa shape index (κ1) is 15.6. The number of halogens is 2. The minimum Gasteiger partial charge on any atom is -0.462 e. The van der Waals surface area contributed by atoms with Crippen LogP contribution in [0.4, 0.5) is 13.6 Å². The highest BCUT2D eigenvalue weighted by atomic mass is 19.3. The lowest BCUT2D eigenvalue weighted by Gasteiger charge is -2.35. The first-order valence-corrected chi connectivity index (χ1v) is 6.14. The van der Waals surface area contributed by atoms with Gasteiger partial charge in [0.25, 0.3) is 0 Å². The molecule has 0 bridgehead atoms. The second kappa shape index (κ2) is 6.65. The van der Waals surface area contributed by atoms with Crippen molar-refractivity contribution in [3.63, 3.8) is 0 Å². The molecule has 19 heavy (non-hydrogen) atoms. The second-order valence-electron chi connectivity index (χ2n) is 4.24. The molecule has 1 rings (SSSR count). The molecule has 0 spiro atoms. The van der Waals surface area contributed by atoms with E-state index >= 15 is 0 Å². The van der Waals surface area contributed by atoms with Crippen molar-refractivity contribution in [1.82, 2.24) is 15.1 Å². The van der Waals surface area contributed by atoms with Crippen LogP contribution in [-0.2, 0) is 9.53 Å². The lowest BCUT2D eigenvalue weighted by atomic mass is 10.2. The Hall–Kier alpha value is -1.44. The average Bonchev–Trinajstić information content (AvgIpc) is 2.38. The average molecular weight is 279 g/mol. The summed E-state index contributed by atoms with van der Waals surface area (Å²) in [6.45, 7) is 2.07. The number of carbonyl (C=O) groups is 2. The molecule has 110 valence electrons. The SMILES string of the molecule is CCOC(=O)C(F)(F)CN1CCN(C(=O)NC)CC1. The Balaban J connectivity index is 2.44. The summed E-state index contributed by atoms with van der Waals surface area (Å²) in [5.41, 5.74) is 0. The van der Waals surface area contributed by atoms with E-state index < -0.39 is 18.4 Å². The number of amides is 2. The molecular weight excluding hydrogens is 260 g/mol. The van der Waals surface area contributed by atoms with Gasteiger partial charge in [0, 0.05) is 33.2 Å². The Morgan fingerprint density at radius 1 is 1.26 bits per heavy atom. The highest BCUT2D eigenvalue weighted by molar-refractivity contribution is 5.77. The van der Waals surface area contributed by atoms with Crippen LogP contribution in [0.5, 0.6) is 0 Å². The molecule has 1 heterocycles. The lowest BCUT2D eigenvalue weighted by molar-refractivity contribution is -0.174. The van der Waals surface area contributed by atoms with Crippen molar-refractivity contribution in [2.24, 2.45) is 0 Å². The number of ether oxygens (including phenoxy) is 1. The number of nitrogens with one attached hydrogen (secondary N) is 1. The first-order valence-electron chi connectivity index (χ1n) is 6.14. The van der Waals surface area contributed by atoms with Crippen LogP contribution in [0.2, 0.25) is 0 Å². The predicted octanol–water partition coefficient (Wildman–Crippen LogP) is 0.142. The van der Waals surface area contributed by atoms with Crippen LogP contribution in [0.25, 0.3) is 0 Å². The fraction of sp³-hybridized carbons (Fsp3) is 0.818. The van der Waals surface area contributed by atoms with Crippen LogP contribution in [0.1, 0.15) is 6.92 Å². The highest BCUT2D eigenvalue weighted by Gasteiger charge is 2.42. The van der Waals surface area contributed by atoms with Crippen LogP contribution < -0.4 is 5.32 Å². The summed E-state index contributed by atoms with van der Waals surface area (Å²) in [6.07, 6.45) is 0. The maximum absolute atomic E-state index is 13.5. The first-order chi connectivity index (χ1) is 8.90. The number of esters is 1. The van der Waals surface area contributed by atoms with Gasteiger partial charge in [-0.1, -0.05) is 0 Å². The number of hydrogen-bond donors (Lipinski definition) is 1. The molecule has 0 atom stereocenters. The van der Waals surface area contributed by atoms with Gasteiger partial charge in [-0.15, -0.1) is 0 Å². The Morgan fingerprint density at radius 2 is 1.84 bits per heavy atom. The van der Waals surface area contributed by atoms with E-state index in [1.54, 1.807) is 4.90 Å². The zero-order chi connectivity index (χ0) is 14.5. The molecule has 1 aliphatic rings. The van der Waals surface area contributed by atoms with E-state index in [-0.39, 0.29) is 12.6 Å². The van der Waals surface area contributed by atoms with Gasteiger partial charge in [-0.25, -0.2) is 9.59 Å². The standard InChI is InChI=1S/C11H19F2N3O3/c1-3-19-9(17)11(12,13)8-15-4-6-16(7-5-15)10(18)14-2/h3-8H2,1-2H3,(H,14,18). The van der Waals surface area contributed by atoms with E-state index in [1.807, 2.05) is 0 Å². The van der Waals surface area contributed by atoms with E-state index in [4.69, 9.17) is 0 Å². The molecule has 6 nitrogen and oxygen atoms in total. The van der Waals surface area contributed by atoms with Crippen molar-refractivity contribution in [3.05, 3.63) is 0 Å². The minimum atomic E-state index is -3.51. The Morgan fingerprint density at radius 3 is 2.32 bits per heavy atom. The number of urea groups is 1. The molecule has 1 N–H and O–H groups in total. The van der Waals surface area contributed by atoms with Gasteiger partial charge >= 0.3 is 17.9 Å². The lowest BCUT2D eigenvalue weighted by Crippen LogP contribution is -2.54. The third kappa shape index (κ3) is 4.30. The van der Waals surface area contributed by atoms with Gasteiger partial charge in [0.1, 0.15) is 0 Å². The molecular formula is C11H19F2N3O3. The summed E-state index contributed by atoms with van der Waals surface area (Å²) in [5.74, 6) is -5.01. The normalized spacial score (nSPS) is 17.2. The fourth-order valence-corrected chi connectivity index (χ4v) is 1.85. The number of hydrogen-bond acceptors (Lipinski definition) is 4. The van der Waals surface area contributed by atoms with Gasteiger partial charge in [0.15, 0.2) is 0 Å². The fourth-order valence-electron chi connectivity index (χ4n) is 1.85. The zero-order valence-corrected chi connectivity index (χ0v) is 11.1. The number of rotatable bonds is 4. The Bertz CT molecular complexity index is 331. The van der Waals surface area contributed by atoms with E-state index in [1.165, 1.54) is 18.9 Å². The van der Waals surface area contributed by atoms with E-state index in [2.05, 4.69) is 10.1 Å². The molecule has 0 aliphatic carbocycles. The molecule has 0 radical (unpaired) electrons. The molecule has 0 aromatic heterocycles. The highest BCUT2D eigenvalue weighted by Crippen LogP contribution is 2.18. The van der Waals surface area contributed by atoms with Crippen LogP contribution in [0.3, 0.4) is 0 Å². The number of piperazine rings is 1. The maximum Gasteiger partial charge on any atom is 0.378 e. The minimum absolute atomic E-state index is 0.0706. The Kier molecular flexibility index (Phi) is 5.46. The van der Waals surface area contributed by atoms with Crippen molar-refractivity contribution in [2.75, 3.05) is 46.4 Å². The molecule has 1 saturated heterocycles. The monoisotopic (exact) mass is 279 g/mol. The molecule has 0 unspecified atom stereocenters. The third-order valence-corrected chi connectivity index (χ3v) is 2.87. The van der Waals surface area contributed by atoms with Crippen molar-refractivity contribution < 1.29 is 23.1 Å². The van der Waals surface area contributed by atoms with Gasteiger partial charge in [0.05, 0.1) is 13.2 Å². The van der Waals surface area contributed by atoms with Gasteiger partial charge in [0.2, 0.25) is 0 Å². The van der Waals surface area contributed by atoms with Crippen LogP contribution >= 0.6 is 0 Å². The summed E-state index contributed by atoms with van der Waals surface area (Å²) >= 11 is 0. The molecule has 0 aromatic rings. The largest absolute Gasteiger partial charge is 0.462 e. The quantitative estimate of drug-likeness (QED) is 0.744. The number of carbonyl (C=O) groups excluding carboxylic acids is 2. The molecule has 0 saturated carbocycles. The third-order valence-electron chi connectivity index (χ3n) is 2.87. The molecule has 0 aromatic carbocycles. The summed E-state index contributed by atoms with van der Waals surface area (Å²) in [5, 5.41) is 2.48. The predicted molar refractivity (Wildman–Crippen MR) is 64.0 cm³/mol. The number of alkyl halides is 2. The zero-order valence-electron chi connectivity index (χ0n) is 11.1. The van der Waals surface area contributed by atoms with Gasteiger partial charge < -0.3 is 15.0 Å². The summed E-state index contributed by atoms with van der Waals surface area (Å²) in [4.78, 5) is 25.4. The van der Waals surface area contributed by atoms with Crippen molar-refractivity contribution in [1.29, 1.82) is 0 Å². The van der Waals surface area contributed by atoms with Gasteiger partial charge in [-0.3, -0.25) is 4.90 Å². The van der Waals surface area contributed by atoms with Crippen LogP contribution in [0.15, 0.2) is 0 Å². The van der Waals surface area contributed by atoms with E-state index in [0.717, 1.165) is 0 Å². The Labute approximate surface area is 110 Å². The summed E-state index contributed by atoms with van der Waals surface area (Å²) in [7, 11) is 1.52. The molecule has 2 amide bonds. The van der Waals surface area contributed by atoms with Gasteiger partial charge in [-0.2, -0.15) is 8.78 Å². The molecule has 1 fully saturated rings. The summed E-state index contributed by atoms with van der Waals surface area (Å²) < 4.78 is 31.3. The smallest absolute Gasteiger partial charge is 0.378 e. The molecule has 1 aliphatic heterocycles. The van der Waals surface area contributed by atoms with Crippen LogP contribution in [0, 0.1) is 0 Å². The van der Waals surface area contributed by atoms with Crippen LogP contribution in [-0.4, -0.2) is 74.1 Å². The topological polar surface area (TPSA) is 61.9 Å². The summed E-state index contributed by atoms with van der Waals surface area (Å²) in [6, 6.07) is -0.225.